The molecule has 6 nitrogen and oxygen atoms in total. The molecule has 7 heteroatoms. The molecule has 2 amide bonds. The molecule has 0 spiro atoms. The second-order valence-electron chi connectivity index (χ2n) is 8.32. The third-order valence-electron chi connectivity index (χ3n) is 6.24. The number of hydrogen-bond donors (Lipinski definition) is 2. The van der Waals surface area contributed by atoms with Crippen molar-refractivity contribution in [3.05, 3.63) is 28.3 Å². The maximum atomic E-state index is 12.5. The van der Waals surface area contributed by atoms with Crippen molar-refractivity contribution in [3.63, 3.8) is 0 Å². The molecule has 4 rings (SSSR count). The molecule has 1 unspecified atom stereocenters. The van der Waals surface area contributed by atoms with Crippen LogP contribution in [-0.4, -0.2) is 44.2 Å². The van der Waals surface area contributed by atoms with Gasteiger partial charge in [-0.05, 0) is 87.6 Å². The van der Waals surface area contributed by atoms with E-state index < -0.39 is 16.1 Å². The summed E-state index contributed by atoms with van der Waals surface area (Å²) >= 11 is 0. The minimum Gasteiger partial charge on any atom is -0.307 e. The molecule has 1 atom stereocenters. The first-order valence-corrected chi connectivity index (χ1v) is 11.7. The predicted octanol–water partition coefficient (Wildman–Crippen LogP) is 2.60. The van der Waals surface area contributed by atoms with Gasteiger partial charge in [0, 0.05) is 17.8 Å². The summed E-state index contributed by atoms with van der Waals surface area (Å²) in [7, 11) is -1.73. The first-order valence-electron chi connectivity index (χ1n) is 10.0. The minimum absolute atomic E-state index is 0.0710. The Morgan fingerprint density at radius 1 is 1.15 bits per heavy atom. The van der Waals surface area contributed by atoms with Crippen molar-refractivity contribution in [3.8, 4) is 0 Å². The first-order chi connectivity index (χ1) is 12.8. The Bertz CT molecular complexity index is 829. The van der Waals surface area contributed by atoms with E-state index in [1.54, 1.807) is 0 Å². The number of nitrogens with one attached hydrogen (secondary N) is 2. The van der Waals surface area contributed by atoms with Crippen molar-refractivity contribution in [2.45, 2.75) is 70.4 Å². The average Bonchev–Trinajstić information content (AvgIpc) is 3.14. The summed E-state index contributed by atoms with van der Waals surface area (Å²) < 4.78 is 27.1. The monoisotopic (exact) mass is 391 g/mol. The molecule has 1 saturated carbocycles. The minimum atomic E-state index is -3.68. The van der Waals surface area contributed by atoms with E-state index in [0.29, 0.717) is 6.04 Å². The van der Waals surface area contributed by atoms with Crippen LogP contribution in [0.4, 0.5) is 10.5 Å². The van der Waals surface area contributed by atoms with E-state index in [2.05, 4.69) is 21.0 Å². The van der Waals surface area contributed by atoms with Gasteiger partial charge in [-0.3, -0.25) is 4.90 Å². The van der Waals surface area contributed by atoms with Crippen molar-refractivity contribution < 1.29 is 13.2 Å². The van der Waals surface area contributed by atoms with E-state index in [1.807, 2.05) is 14.0 Å². The lowest BCUT2D eigenvalue weighted by Crippen LogP contribution is -2.43. The molecule has 3 aliphatic rings. The third-order valence-corrected chi connectivity index (χ3v) is 7.66. The number of fused-ring (bicyclic) bond motifs is 2. The van der Waals surface area contributed by atoms with E-state index in [1.165, 1.54) is 22.3 Å². The Hall–Kier alpha value is -1.60. The van der Waals surface area contributed by atoms with Crippen LogP contribution in [0.5, 0.6) is 0 Å². The zero-order chi connectivity index (χ0) is 19.2. The van der Waals surface area contributed by atoms with Crippen molar-refractivity contribution in [1.82, 2.24) is 9.62 Å². The Kier molecular flexibility index (Phi) is 4.93. The standard InChI is InChI=1S/C20H29N3O3S/c1-13(23(2)16-9-10-16)12-27(25,26)22-20(24)21-19-17-7-3-5-14(17)11-15-6-4-8-18(15)19/h11,13,16H,3-10,12H2,1-2H3,(H2,21,22,24). The van der Waals surface area contributed by atoms with Crippen molar-refractivity contribution in [2.24, 2.45) is 0 Å². The topological polar surface area (TPSA) is 78.5 Å². The number of amides is 2. The van der Waals surface area contributed by atoms with Crippen molar-refractivity contribution in [2.75, 3.05) is 18.1 Å². The largest absolute Gasteiger partial charge is 0.332 e. The molecule has 1 aromatic carbocycles. The molecular weight excluding hydrogens is 362 g/mol. The molecule has 0 aliphatic heterocycles. The zero-order valence-electron chi connectivity index (χ0n) is 16.2. The first kappa shape index (κ1) is 18.7. The molecule has 0 radical (unpaired) electrons. The number of aryl methyl sites for hydroxylation is 2. The molecule has 1 aromatic rings. The highest BCUT2D eigenvalue weighted by Gasteiger charge is 2.32. The highest BCUT2D eigenvalue weighted by molar-refractivity contribution is 7.90. The van der Waals surface area contributed by atoms with Crippen LogP contribution >= 0.6 is 0 Å². The number of anilines is 1. The number of urea groups is 1. The van der Waals surface area contributed by atoms with E-state index >= 15 is 0 Å². The summed E-state index contributed by atoms with van der Waals surface area (Å²) in [5.74, 6) is -0.0710. The fraction of sp³-hybridized carbons (Fsp3) is 0.650. The van der Waals surface area contributed by atoms with Gasteiger partial charge in [-0.2, -0.15) is 0 Å². The van der Waals surface area contributed by atoms with Gasteiger partial charge in [-0.15, -0.1) is 0 Å². The fourth-order valence-electron chi connectivity index (χ4n) is 4.57. The molecule has 0 bridgehead atoms. The Balaban J connectivity index is 1.45. The number of sulfonamides is 1. The van der Waals surface area contributed by atoms with Crippen LogP contribution in [0.1, 0.15) is 54.9 Å². The molecular formula is C20H29N3O3S. The summed E-state index contributed by atoms with van der Waals surface area (Å²) in [5.41, 5.74) is 5.89. The highest BCUT2D eigenvalue weighted by atomic mass is 32.2. The molecule has 3 aliphatic carbocycles. The van der Waals surface area contributed by atoms with Gasteiger partial charge in [0.25, 0.3) is 0 Å². The number of benzene rings is 1. The number of rotatable bonds is 6. The second-order valence-corrected chi connectivity index (χ2v) is 10.1. The van der Waals surface area contributed by atoms with Gasteiger partial charge in [0.05, 0.1) is 5.75 Å². The van der Waals surface area contributed by atoms with Gasteiger partial charge in [0.15, 0.2) is 0 Å². The quantitative estimate of drug-likeness (QED) is 0.781. The van der Waals surface area contributed by atoms with E-state index in [9.17, 15) is 13.2 Å². The van der Waals surface area contributed by atoms with Gasteiger partial charge in [0.1, 0.15) is 0 Å². The Morgan fingerprint density at radius 3 is 2.30 bits per heavy atom. The summed E-state index contributed by atoms with van der Waals surface area (Å²) in [4.78, 5) is 14.6. The van der Waals surface area contributed by atoms with Crippen molar-refractivity contribution in [1.29, 1.82) is 0 Å². The van der Waals surface area contributed by atoms with Gasteiger partial charge in [-0.25, -0.2) is 17.9 Å². The SMILES string of the molecule is CC(CS(=O)(=O)NC(=O)Nc1c2c(cc3c1CCC3)CCC2)N(C)C1CC1. The lowest BCUT2D eigenvalue weighted by molar-refractivity contribution is 0.255. The number of hydrogen-bond acceptors (Lipinski definition) is 4. The summed E-state index contributed by atoms with van der Waals surface area (Å²) in [6.45, 7) is 1.90. The van der Waals surface area contributed by atoms with E-state index in [0.717, 1.165) is 57.1 Å². The van der Waals surface area contributed by atoms with Crippen LogP contribution in [-0.2, 0) is 35.7 Å². The fourth-order valence-corrected chi connectivity index (χ4v) is 5.85. The maximum absolute atomic E-state index is 12.5. The van der Waals surface area contributed by atoms with Gasteiger partial charge in [0.2, 0.25) is 10.0 Å². The van der Waals surface area contributed by atoms with E-state index in [4.69, 9.17) is 0 Å². The van der Waals surface area contributed by atoms with E-state index in [-0.39, 0.29) is 11.8 Å². The van der Waals surface area contributed by atoms with Crippen LogP contribution in [0.25, 0.3) is 0 Å². The molecule has 0 aromatic heterocycles. The summed E-state index contributed by atoms with van der Waals surface area (Å²) in [6.07, 6.45) is 8.43. The second kappa shape index (κ2) is 7.09. The summed E-state index contributed by atoms with van der Waals surface area (Å²) in [5, 5.41) is 2.89. The molecule has 0 heterocycles. The lowest BCUT2D eigenvalue weighted by Gasteiger charge is -2.24. The normalized spacial score (nSPS) is 19.7. The smallest absolute Gasteiger partial charge is 0.307 e. The molecule has 2 N–H and O–H groups in total. The Morgan fingerprint density at radius 2 is 1.74 bits per heavy atom. The number of carbonyl (C=O) groups is 1. The van der Waals surface area contributed by atoms with Crippen LogP contribution in [0.15, 0.2) is 6.07 Å². The predicted molar refractivity (Wildman–Crippen MR) is 107 cm³/mol. The molecule has 0 saturated heterocycles. The lowest BCUT2D eigenvalue weighted by atomic mass is 9.99. The highest BCUT2D eigenvalue weighted by Crippen LogP contribution is 2.38. The van der Waals surface area contributed by atoms with Crippen LogP contribution in [0, 0.1) is 0 Å². The van der Waals surface area contributed by atoms with Gasteiger partial charge in [-0.1, -0.05) is 6.07 Å². The maximum Gasteiger partial charge on any atom is 0.332 e. The zero-order valence-corrected chi connectivity index (χ0v) is 17.0. The van der Waals surface area contributed by atoms with Crippen LogP contribution < -0.4 is 10.0 Å². The van der Waals surface area contributed by atoms with Gasteiger partial charge >= 0.3 is 6.03 Å². The van der Waals surface area contributed by atoms with Crippen LogP contribution in [0.2, 0.25) is 0 Å². The number of carbonyl (C=O) groups excluding carboxylic acids is 1. The molecule has 1 fully saturated rings. The Labute approximate surface area is 161 Å². The third kappa shape index (κ3) is 3.99. The number of nitrogens with zero attached hydrogens (tertiary/aromatic N) is 1. The summed E-state index contributed by atoms with van der Waals surface area (Å²) in [6, 6.07) is 2.03. The molecule has 27 heavy (non-hydrogen) atoms. The molecule has 148 valence electrons. The van der Waals surface area contributed by atoms with Crippen molar-refractivity contribution >= 4 is 21.7 Å². The van der Waals surface area contributed by atoms with Crippen LogP contribution in [0.3, 0.4) is 0 Å². The van der Waals surface area contributed by atoms with Gasteiger partial charge < -0.3 is 5.32 Å². The average molecular weight is 392 g/mol.